The molecule has 0 nitrogen and oxygen atoms in total. The zero-order chi connectivity index (χ0) is 11.7. The minimum Gasteiger partial charge on any atom is -0.418 e. The third kappa shape index (κ3) is 13.4. The quantitative estimate of drug-likeness (QED) is 0.328. The van der Waals surface area contributed by atoms with Crippen LogP contribution >= 0.6 is 0 Å². The zero-order valence-corrected chi connectivity index (χ0v) is 9.23. The van der Waals surface area contributed by atoms with Gasteiger partial charge in [0, 0.05) is 11.8 Å². The molecule has 0 atom stereocenters. The second kappa shape index (κ2) is 7.62. The number of halogens is 4. The van der Waals surface area contributed by atoms with E-state index in [1.54, 1.807) is 0 Å². The Bertz CT molecular complexity index is 244. The summed E-state index contributed by atoms with van der Waals surface area (Å²) in [6.07, 6.45) is 1.27. The molecule has 0 fully saturated rings. The van der Waals surface area contributed by atoms with Crippen LogP contribution in [0.25, 0.3) is 0 Å². The van der Waals surface area contributed by atoms with Crippen molar-refractivity contribution in [2.45, 2.75) is 18.2 Å². The molecule has 0 spiro atoms. The van der Waals surface area contributed by atoms with Gasteiger partial charge >= 0.3 is 7.25 Å². The molecule has 0 aliphatic carbocycles. The summed E-state index contributed by atoms with van der Waals surface area (Å²) < 4.78 is 39.0. The van der Waals surface area contributed by atoms with Gasteiger partial charge in [-0.1, -0.05) is 25.1 Å². The minimum absolute atomic E-state index is 1.27. The second-order valence-electron chi connectivity index (χ2n) is 2.71. The van der Waals surface area contributed by atoms with Gasteiger partial charge in [0.1, 0.15) is 5.75 Å². The van der Waals surface area contributed by atoms with E-state index in [2.05, 4.69) is 37.3 Å². The first kappa shape index (κ1) is 14.4. The summed E-state index contributed by atoms with van der Waals surface area (Å²) >= 11 is 1.46. The molecule has 0 aromatic heterocycles. The van der Waals surface area contributed by atoms with Gasteiger partial charge in [-0.2, -0.15) is 0 Å². The largest absolute Gasteiger partial charge is 0.673 e. The fourth-order valence-electron chi connectivity index (χ4n) is 0.774. The van der Waals surface area contributed by atoms with Gasteiger partial charge < -0.3 is 17.3 Å². The first-order valence-corrected chi connectivity index (χ1v) is 5.61. The van der Waals surface area contributed by atoms with Crippen LogP contribution in [-0.4, -0.2) is 13.0 Å². The SMILES string of the molecule is CCC[SH+]c1ccccc1.F[B-](F)(F)F. The van der Waals surface area contributed by atoms with Crippen LogP contribution in [0.4, 0.5) is 17.3 Å². The predicted octanol–water partition coefficient (Wildman–Crippen LogP) is 3.57. The Labute approximate surface area is 91.2 Å². The Morgan fingerprint density at radius 1 is 1.07 bits per heavy atom. The van der Waals surface area contributed by atoms with Crippen molar-refractivity contribution in [3.8, 4) is 0 Å². The van der Waals surface area contributed by atoms with Crippen LogP contribution in [0.2, 0.25) is 0 Å². The molecule has 0 aliphatic rings. The van der Waals surface area contributed by atoms with Crippen molar-refractivity contribution in [1.82, 2.24) is 0 Å². The Balaban J connectivity index is 0.000000336. The van der Waals surface area contributed by atoms with Gasteiger partial charge in [0.05, 0.1) is 0 Å². The Hall–Kier alpha value is -0.645. The highest BCUT2D eigenvalue weighted by Crippen LogP contribution is 2.06. The lowest BCUT2D eigenvalue weighted by Crippen LogP contribution is -2.02. The summed E-state index contributed by atoms with van der Waals surface area (Å²) in [6.45, 7) is 2.22. The van der Waals surface area contributed by atoms with Crippen LogP contribution in [-0.2, 0) is 11.8 Å². The van der Waals surface area contributed by atoms with Crippen LogP contribution in [0.5, 0.6) is 0 Å². The molecule has 6 heteroatoms. The highest BCUT2D eigenvalue weighted by Gasteiger charge is 2.20. The maximum atomic E-state index is 9.75. The average molecular weight is 240 g/mol. The fourth-order valence-corrected chi connectivity index (χ4v) is 1.64. The third-order valence-electron chi connectivity index (χ3n) is 1.27. The van der Waals surface area contributed by atoms with Crippen molar-refractivity contribution in [3.63, 3.8) is 0 Å². The normalized spacial score (nSPS) is 10.5. The van der Waals surface area contributed by atoms with Gasteiger partial charge in [-0.25, -0.2) is 0 Å². The van der Waals surface area contributed by atoms with E-state index in [1.165, 1.54) is 28.8 Å². The second-order valence-corrected chi connectivity index (χ2v) is 3.99. The number of hydrogen-bond acceptors (Lipinski definition) is 0. The Morgan fingerprint density at radius 3 is 1.93 bits per heavy atom. The zero-order valence-electron chi connectivity index (χ0n) is 8.34. The molecule has 1 rings (SSSR count). The first-order chi connectivity index (χ1) is 6.93. The molecule has 0 radical (unpaired) electrons. The first-order valence-electron chi connectivity index (χ1n) is 4.53. The van der Waals surface area contributed by atoms with Gasteiger partial charge in [0.15, 0.2) is 4.90 Å². The Morgan fingerprint density at radius 2 is 1.53 bits per heavy atom. The molecule has 0 aliphatic heterocycles. The standard InChI is InChI=1S/C9H12S.BF4/c1-2-8-10-9-6-4-3-5-7-9;2-1(3,4)5/h3-7H,2,8H2,1H3;/q;-1/p+1. The van der Waals surface area contributed by atoms with Crippen molar-refractivity contribution in [1.29, 1.82) is 0 Å². The van der Waals surface area contributed by atoms with Crippen LogP contribution in [0.15, 0.2) is 35.2 Å². The van der Waals surface area contributed by atoms with E-state index in [1.807, 2.05) is 0 Å². The molecular formula is C9H13BF4S. The monoisotopic (exact) mass is 240 g/mol. The van der Waals surface area contributed by atoms with E-state index in [4.69, 9.17) is 0 Å². The summed E-state index contributed by atoms with van der Waals surface area (Å²) in [6, 6.07) is 10.6. The molecule has 86 valence electrons. The number of thiol groups is 1. The molecule has 0 saturated carbocycles. The lowest BCUT2D eigenvalue weighted by molar-refractivity contribution is 0.368. The molecule has 1 aromatic rings. The number of benzene rings is 1. The molecule has 0 saturated heterocycles. The molecule has 0 N–H and O–H groups in total. The van der Waals surface area contributed by atoms with Crippen LogP contribution in [0.3, 0.4) is 0 Å². The molecule has 0 bridgehead atoms. The highest BCUT2D eigenvalue weighted by atomic mass is 32.2. The highest BCUT2D eigenvalue weighted by molar-refractivity contribution is 7.78. The van der Waals surface area contributed by atoms with E-state index in [0.29, 0.717) is 0 Å². The lowest BCUT2D eigenvalue weighted by Gasteiger charge is -1.94. The summed E-state index contributed by atoms with van der Waals surface area (Å²) in [5, 5.41) is 0. The minimum atomic E-state index is -6.00. The average Bonchev–Trinajstić information content (AvgIpc) is 2.14. The molecule has 15 heavy (non-hydrogen) atoms. The Kier molecular flexibility index (Phi) is 7.29. The smallest absolute Gasteiger partial charge is 0.418 e. The maximum absolute atomic E-state index is 9.75. The summed E-state index contributed by atoms with van der Waals surface area (Å²) in [7, 11) is -6.00. The molecule has 1 aromatic carbocycles. The van der Waals surface area contributed by atoms with Gasteiger partial charge in [-0.15, -0.1) is 0 Å². The number of rotatable bonds is 3. The van der Waals surface area contributed by atoms with Gasteiger partial charge in [-0.3, -0.25) is 0 Å². The van der Waals surface area contributed by atoms with Crippen LogP contribution < -0.4 is 0 Å². The van der Waals surface area contributed by atoms with Crippen molar-refractivity contribution < 1.29 is 17.3 Å². The fraction of sp³-hybridized carbons (Fsp3) is 0.333. The third-order valence-corrected chi connectivity index (χ3v) is 2.61. The van der Waals surface area contributed by atoms with E-state index >= 15 is 0 Å². The summed E-state index contributed by atoms with van der Waals surface area (Å²) in [4.78, 5) is 1.43. The number of hydrogen-bond donors (Lipinski definition) is 0. The summed E-state index contributed by atoms with van der Waals surface area (Å²) in [5.74, 6) is 1.28. The van der Waals surface area contributed by atoms with E-state index in [-0.39, 0.29) is 0 Å². The van der Waals surface area contributed by atoms with Crippen molar-refractivity contribution >= 4 is 19.0 Å². The lowest BCUT2D eigenvalue weighted by atomic mass is 10.3. The van der Waals surface area contributed by atoms with E-state index < -0.39 is 7.25 Å². The van der Waals surface area contributed by atoms with Crippen molar-refractivity contribution in [2.75, 3.05) is 5.75 Å². The van der Waals surface area contributed by atoms with E-state index in [9.17, 15) is 17.3 Å². The topological polar surface area (TPSA) is 0 Å². The summed E-state index contributed by atoms with van der Waals surface area (Å²) in [5.41, 5.74) is 0. The van der Waals surface area contributed by atoms with Gasteiger partial charge in [-0.05, 0) is 18.6 Å². The van der Waals surface area contributed by atoms with Crippen LogP contribution in [0.1, 0.15) is 13.3 Å². The molecular weight excluding hydrogens is 227 g/mol. The molecule has 0 heterocycles. The maximum Gasteiger partial charge on any atom is 0.673 e. The van der Waals surface area contributed by atoms with E-state index in [0.717, 1.165) is 0 Å². The van der Waals surface area contributed by atoms with Crippen LogP contribution in [0, 0.1) is 0 Å². The van der Waals surface area contributed by atoms with Crippen molar-refractivity contribution in [2.24, 2.45) is 0 Å². The molecule has 0 unspecified atom stereocenters. The predicted molar refractivity (Wildman–Crippen MR) is 58.8 cm³/mol. The van der Waals surface area contributed by atoms with Gasteiger partial charge in [0.2, 0.25) is 0 Å². The van der Waals surface area contributed by atoms with Gasteiger partial charge in [0.25, 0.3) is 0 Å². The molecule has 0 amide bonds. The van der Waals surface area contributed by atoms with Crippen molar-refractivity contribution in [3.05, 3.63) is 30.3 Å².